The summed E-state index contributed by atoms with van der Waals surface area (Å²) in [6.07, 6.45) is 3.81. The number of carbonyl (C=O) groups excluding carboxylic acids is 2. The molecular weight excluding hydrogens is 346 g/mol. The maximum absolute atomic E-state index is 12.1. The Morgan fingerprint density at radius 1 is 1.07 bits per heavy atom. The van der Waals surface area contributed by atoms with Crippen molar-refractivity contribution in [3.8, 4) is 0 Å². The molecule has 3 N–H and O–H groups in total. The van der Waals surface area contributed by atoms with Crippen molar-refractivity contribution in [3.05, 3.63) is 59.5 Å². The van der Waals surface area contributed by atoms with E-state index >= 15 is 0 Å². The minimum atomic E-state index is -0.376. The molecule has 9 nitrogen and oxygen atoms in total. The molecule has 9 heteroatoms. The van der Waals surface area contributed by atoms with E-state index < -0.39 is 0 Å². The maximum Gasteiger partial charge on any atom is 0.273 e. The van der Waals surface area contributed by atoms with E-state index in [9.17, 15) is 9.59 Å². The van der Waals surface area contributed by atoms with Crippen molar-refractivity contribution in [2.75, 3.05) is 17.7 Å². The summed E-state index contributed by atoms with van der Waals surface area (Å²) in [4.78, 5) is 31.2. The molecule has 0 unspecified atom stereocenters. The molecular formula is C18H17N7O2. The largest absolute Gasteiger partial charge is 0.354 e. The number of aldehydes is 1. The lowest BCUT2D eigenvalue weighted by atomic mass is 10.2. The van der Waals surface area contributed by atoms with Crippen LogP contribution in [0.1, 0.15) is 26.4 Å². The van der Waals surface area contributed by atoms with Crippen LogP contribution in [-0.2, 0) is 0 Å². The summed E-state index contributed by atoms with van der Waals surface area (Å²) >= 11 is 0. The highest BCUT2D eigenvalue weighted by Crippen LogP contribution is 2.23. The first-order valence-electron chi connectivity index (χ1n) is 8.07. The van der Waals surface area contributed by atoms with Gasteiger partial charge in [-0.1, -0.05) is 6.07 Å². The molecule has 3 heterocycles. The number of carbonyl (C=O) groups is 2. The monoisotopic (exact) mass is 363 g/mol. The highest BCUT2D eigenvalue weighted by molar-refractivity contribution is 5.98. The average Bonchev–Trinajstić information content (AvgIpc) is 2.70. The van der Waals surface area contributed by atoms with Gasteiger partial charge in [0, 0.05) is 31.1 Å². The third kappa shape index (κ3) is 4.21. The van der Waals surface area contributed by atoms with Crippen LogP contribution in [0.15, 0.2) is 42.7 Å². The standard InChI is InChI=1S/C18H17N7O2/c1-11-4-3-7-20-17(11)22-13-8-15(24-25-16(13)18(27)19-2)23-14-6-5-12(10-26)9-21-14/h3-10H,1-2H3,(H,19,27)(H2,20,21,22,23,24). The Kier molecular flexibility index (Phi) is 5.31. The lowest BCUT2D eigenvalue weighted by molar-refractivity contribution is 0.0958. The van der Waals surface area contributed by atoms with Gasteiger partial charge in [0.2, 0.25) is 0 Å². The highest BCUT2D eigenvalue weighted by atomic mass is 16.1. The van der Waals surface area contributed by atoms with Crippen LogP contribution in [-0.4, -0.2) is 39.4 Å². The van der Waals surface area contributed by atoms with E-state index in [1.165, 1.54) is 13.2 Å². The van der Waals surface area contributed by atoms with Crippen LogP contribution in [0.25, 0.3) is 0 Å². The first-order valence-corrected chi connectivity index (χ1v) is 8.07. The second kappa shape index (κ2) is 8.00. The fraction of sp³-hybridized carbons (Fsp3) is 0.111. The Balaban J connectivity index is 1.93. The van der Waals surface area contributed by atoms with Gasteiger partial charge in [-0.2, -0.15) is 0 Å². The Bertz CT molecular complexity index is 974. The van der Waals surface area contributed by atoms with Crippen molar-refractivity contribution in [3.63, 3.8) is 0 Å². The molecule has 0 saturated carbocycles. The molecule has 27 heavy (non-hydrogen) atoms. The molecule has 0 saturated heterocycles. The van der Waals surface area contributed by atoms with E-state index in [1.807, 2.05) is 19.1 Å². The van der Waals surface area contributed by atoms with Crippen LogP contribution in [0.4, 0.5) is 23.1 Å². The number of amides is 1. The molecule has 3 rings (SSSR count). The van der Waals surface area contributed by atoms with Crippen molar-refractivity contribution in [1.82, 2.24) is 25.5 Å². The molecule has 0 aliphatic carbocycles. The maximum atomic E-state index is 12.1. The van der Waals surface area contributed by atoms with Gasteiger partial charge in [-0.05, 0) is 30.7 Å². The number of nitrogens with one attached hydrogen (secondary N) is 3. The van der Waals surface area contributed by atoms with Crippen LogP contribution < -0.4 is 16.0 Å². The molecule has 136 valence electrons. The lowest BCUT2D eigenvalue weighted by Crippen LogP contribution is -2.21. The van der Waals surface area contributed by atoms with Crippen LogP contribution in [0.3, 0.4) is 0 Å². The Morgan fingerprint density at radius 2 is 1.93 bits per heavy atom. The van der Waals surface area contributed by atoms with Crippen LogP contribution in [0.2, 0.25) is 0 Å². The SMILES string of the molecule is CNC(=O)c1nnc(Nc2ccc(C=O)cn2)cc1Nc1ncccc1C. The topological polar surface area (TPSA) is 122 Å². The summed E-state index contributed by atoms with van der Waals surface area (Å²) < 4.78 is 0. The van der Waals surface area contributed by atoms with Crippen molar-refractivity contribution >= 4 is 35.3 Å². The molecule has 0 spiro atoms. The second-order valence-corrected chi connectivity index (χ2v) is 5.58. The summed E-state index contributed by atoms with van der Waals surface area (Å²) in [5, 5.41) is 16.7. The number of aryl methyl sites for hydroxylation is 1. The third-order valence-electron chi connectivity index (χ3n) is 3.68. The number of nitrogens with zero attached hydrogens (tertiary/aromatic N) is 4. The third-order valence-corrected chi connectivity index (χ3v) is 3.68. The predicted molar refractivity (Wildman–Crippen MR) is 101 cm³/mol. The van der Waals surface area contributed by atoms with Gasteiger partial charge in [-0.3, -0.25) is 9.59 Å². The zero-order chi connectivity index (χ0) is 19.2. The van der Waals surface area contributed by atoms with E-state index in [4.69, 9.17) is 0 Å². The predicted octanol–water partition coefficient (Wildman–Crippen LogP) is 2.23. The summed E-state index contributed by atoms with van der Waals surface area (Å²) in [6.45, 7) is 1.90. The molecule has 0 fully saturated rings. The van der Waals surface area contributed by atoms with Gasteiger partial charge in [0.05, 0.1) is 5.69 Å². The number of anilines is 4. The molecule has 0 aliphatic heterocycles. The molecule has 0 aliphatic rings. The Morgan fingerprint density at radius 3 is 2.59 bits per heavy atom. The number of hydrogen-bond acceptors (Lipinski definition) is 8. The van der Waals surface area contributed by atoms with Gasteiger partial charge in [-0.15, -0.1) is 10.2 Å². The van der Waals surface area contributed by atoms with Gasteiger partial charge in [0.25, 0.3) is 5.91 Å². The fourth-order valence-corrected chi connectivity index (χ4v) is 2.26. The van der Waals surface area contributed by atoms with E-state index in [1.54, 1.807) is 24.4 Å². The van der Waals surface area contributed by atoms with E-state index in [0.29, 0.717) is 35.0 Å². The molecule has 1 amide bonds. The molecule has 0 bridgehead atoms. The van der Waals surface area contributed by atoms with Crippen molar-refractivity contribution in [2.24, 2.45) is 0 Å². The van der Waals surface area contributed by atoms with Crippen LogP contribution >= 0.6 is 0 Å². The first-order chi connectivity index (χ1) is 13.1. The molecule has 3 aromatic heterocycles. The van der Waals surface area contributed by atoms with Crippen molar-refractivity contribution < 1.29 is 9.59 Å². The second-order valence-electron chi connectivity index (χ2n) is 5.58. The zero-order valence-electron chi connectivity index (χ0n) is 14.7. The van der Waals surface area contributed by atoms with E-state index in [2.05, 4.69) is 36.1 Å². The first kappa shape index (κ1) is 17.9. The number of rotatable bonds is 6. The molecule has 0 atom stereocenters. The van der Waals surface area contributed by atoms with Crippen LogP contribution in [0.5, 0.6) is 0 Å². The number of aromatic nitrogens is 4. The molecule has 0 radical (unpaired) electrons. The summed E-state index contributed by atoms with van der Waals surface area (Å²) in [5.41, 5.74) is 1.96. The van der Waals surface area contributed by atoms with E-state index in [0.717, 1.165) is 5.56 Å². The quantitative estimate of drug-likeness (QED) is 0.570. The molecule has 0 aromatic carbocycles. The highest BCUT2D eigenvalue weighted by Gasteiger charge is 2.15. The Hall–Kier alpha value is -3.88. The van der Waals surface area contributed by atoms with Gasteiger partial charge in [0.15, 0.2) is 17.8 Å². The minimum absolute atomic E-state index is 0.136. The van der Waals surface area contributed by atoms with E-state index in [-0.39, 0.29) is 11.6 Å². The van der Waals surface area contributed by atoms with Gasteiger partial charge in [-0.25, -0.2) is 9.97 Å². The normalized spacial score (nSPS) is 10.1. The van der Waals surface area contributed by atoms with Gasteiger partial charge < -0.3 is 16.0 Å². The minimum Gasteiger partial charge on any atom is -0.354 e. The number of hydrogen-bond donors (Lipinski definition) is 3. The zero-order valence-corrected chi connectivity index (χ0v) is 14.7. The lowest BCUT2D eigenvalue weighted by Gasteiger charge is -2.13. The number of pyridine rings is 2. The summed E-state index contributed by atoms with van der Waals surface area (Å²) in [6, 6.07) is 8.65. The average molecular weight is 363 g/mol. The molecule has 3 aromatic rings. The van der Waals surface area contributed by atoms with Gasteiger partial charge in [0.1, 0.15) is 11.6 Å². The van der Waals surface area contributed by atoms with Crippen molar-refractivity contribution in [1.29, 1.82) is 0 Å². The van der Waals surface area contributed by atoms with Crippen LogP contribution in [0, 0.1) is 6.92 Å². The summed E-state index contributed by atoms with van der Waals surface area (Å²) in [7, 11) is 1.52. The van der Waals surface area contributed by atoms with Gasteiger partial charge >= 0.3 is 0 Å². The summed E-state index contributed by atoms with van der Waals surface area (Å²) in [5.74, 6) is 1.10. The smallest absolute Gasteiger partial charge is 0.273 e. The Labute approximate surface area is 155 Å². The fourth-order valence-electron chi connectivity index (χ4n) is 2.26. The van der Waals surface area contributed by atoms with Crippen molar-refractivity contribution in [2.45, 2.75) is 6.92 Å².